The van der Waals surface area contributed by atoms with E-state index in [4.69, 9.17) is 4.42 Å². The third-order valence-electron chi connectivity index (χ3n) is 4.40. The van der Waals surface area contributed by atoms with E-state index in [9.17, 15) is 9.18 Å². The molecule has 0 unspecified atom stereocenters. The summed E-state index contributed by atoms with van der Waals surface area (Å²) in [5.74, 6) is 0.430. The second-order valence-corrected chi connectivity index (χ2v) is 7.47. The summed E-state index contributed by atoms with van der Waals surface area (Å²) in [6.07, 6.45) is 1.52. The van der Waals surface area contributed by atoms with Crippen molar-refractivity contribution in [2.24, 2.45) is 0 Å². The first-order valence-corrected chi connectivity index (χ1v) is 8.82. The smallest absolute Gasteiger partial charge is 0.257 e. The summed E-state index contributed by atoms with van der Waals surface area (Å²) in [7, 11) is 0. The molecular weight excluding hydrogens is 341 g/mol. The highest BCUT2D eigenvalue weighted by atomic mass is 32.1. The highest BCUT2D eigenvalue weighted by molar-refractivity contribution is 7.15. The monoisotopic (exact) mass is 357 g/mol. The summed E-state index contributed by atoms with van der Waals surface area (Å²) >= 11 is 1.58. The minimum absolute atomic E-state index is 0.0918. The van der Waals surface area contributed by atoms with Gasteiger partial charge in [0.15, 0.2) is 0 Å². The van der Waals surface area contributed by atoms with Gasteiger partial charge < -0.3 is 9.73 Å². The number of thiophene rings is 1. The topological polar surface area (TPSA) is 68.0 Å². The molecule has 1 aromatic carbocycles. The molecule has 3 aromatic rings. The Balaban J connectivity index is 1.42. The first-order chi connectivity index (χ1) is 12.1. The van der Waals surface area contributed by atoms with Crippen molar-refractivity contribution in [3.63, 3.8) is 0 Å². The predicted molar refractivity (Wildman–Crippen MR) is 91.5 cm³/mol. The molecule has 1 amide bonds. The van der Waals surface area contributed by atoms with E-state index < -0.39 is 5.41 Å². The molecule has 1 saturated carbocycles. The molecule has 0 atom stereocenters. The molecule has 7 heteroatoms. The van der Waals surface area contributed by atoms with E-state index in [2.05, 4.69) is 15.5 Å². The van der Waals surface area contributed by atoms with E-state index in [0.717, 1.165) is 28.2 Å². The van der Waals surface area contributed by atoms with Crippen LogP contribution in [0.25, 0.3) is 10.8 Å². The van der Waals surface area contributed by atoms with E-state index in [0.29, 0.717) is 11.8 Å². The molecule has 2 heterocycles. The molecule has 0 aliphatic heterocycles. The zero-order valence-electron chi connectivity index (χ0n) is 13.6. The first kappa shape index (κ1) is 16.0. The minimum atomic E-state index is -0.554. The van der Waals surface area contributed by atoms with Crippen LogP contribution in [0.1, 0.15) is 29.2 Å². The Hall–Kier alpha value is -2.54. The van der Waals surface area contributed by atoms with E-state index >= 15 is 0 Å². The summed E-state index contributed by atoms with van der Waals surface area (Å²) in [6, 6.07) is 10.0. The van der Waals surface area contributed by atoms with Crippen molar-refractivity contribution in [1.29, 1.82) is 0 Å². The standard InChI is InChI=1S/C18H16FN3O2S/c1-11-2-7-14(25-11)16-22-21-15(24-16)10-20-17(23)18(8-9-18)12-3-5-13(19)6-4-12/h2-7H,8-10H2,1H3,(H,20,23). The van der Waals surface area contributed by atoms with Crippen LogP contribution in [0.2, 0.25) is 0 Å². The Morgan fingerprint density at radius 2 is 2.00 bits per heavy atom. The van der Waals surface area contributed by atoms with Gasteiger partial charge in [0.25, 0.3) is 5.89 Å². The molecule has 1 aliphatic rings. The number of aryl methyl sites for hydroxylation is 1. The fourth-order valence-corrected chi connectivity index (χ4v) is 3.63. The summed E-state index contributed by atoms with van der Waals surface area (Å²) in [6.45, 7) is 2.19. The second kappa shape index (κ2) is 6.07. The van der Waals surface area contributed by atoms with Crippen LogP contribution in [0.4, 0.5) is 4.39 Å². The number of nitrogens with one attached hydrogen (secondary N) is 1. The van der Waals surface area contributed by atoms with Crippen LogP contribution < -0.4 is 5.32 Å². The van der Waals surface area contributed by atoms with Crippen molar-refractivity contribution in [2.45, 2.75) is 31.7 Å². The maximum Gasteiger partial charge on any atom is 0.257 e. The third kappa shape index (κ3) is 3.07. The van der Waals surface area contributed by atoms with Gasteiger partial charge in [0.2, 0.25) is 11.8 Å². The number of aromatic nitrogens is 2. The van der Waals surface area contributed by atoms with Crippen LogP contribution in [0, 0.1) is 12.7 Å². The zero-order chi connectivity index (χ0) is 17.4. The van der Waals surface area contributed by atoms with Gasteiger partial charge in [-0.25, -0.2) is 4.39 Å². The van der Waals surface area contributed by atoms with Gasteiger partial charge in [-0.1, -0.05) is 12.1 Å². The molecular formula is C18H16FN3O2S. The number of benzene rings is 1. The lowest BCUT2D eigenvalue weighted by atomic mass is 9.95. The zero-order valence-corrected chi connectivity index (χ0v) is 14.4. The Morgan fingerprint density at radius 1 is 1.24 bits per heavy atom. The summed E-state index contributed by atoms with van der Waals surface area (Å²) in [4.78, 5) is 14.6. The fourth-order valence-electron chi connectivity index (χ4n) is 2.84. The maximum atomic E-state index is 13.1. The molecule has 128 valence electrons. The lowest BCUT2D eigenvalue weighted by Crippen LogP contribution is -2.34. The van der Waals surface area contributed by atoms with Gasteiger partial charge in [-0.15, -0.1) is 21.5 Å². The van der Waals surface area contributed by atoms with E-state index in [1.165, 1.54) is 12.1 Å². The third-order valence-corrected chi connectivity index (χ3v) is 5.39. The van der Waals surface area contributed by atoms with Gasteiger partial charge in [0.1, 0.15) is 5.82 Å². The van der Waals surface area contributed by atoms with E-state index in [-0.39, 0.29) is 18.3 Å². The van der Waals surface area contributed by atoms with Gasteiger partial charge in [0, 0.05) is 4.88 Å². The molecule has 1 N–H and O–H groups in total. The number of halogens is 1. The van der Waals surface area contributed by atoms with Crippen LogP contribution in [0.5, 0.6) is 0 Å². The fraction of sp³-hybridized carbons (Fsp3) is 0.278. The molecule has 1 fully saturated rings. The number of rotatable bonds is 5. The molecule has 0 bridgehead atoms. The van der Waals surface area contributed by atoms with Crippen LogP contribution in [0.3, 0.4) is 0 Å². The summed E-state index contributed by atoms with van der Waals surface area (Å²) < 4.78 is 18.7. The van der Waals surface area contributed by atoms with Crippen molar-refractivity contribution in [3.8, 4) is 10.8 Å². The van der Waals surface area contributed by atoms with Gasteiger partial charge in [0.05, 0.1) is 16.8 Å². The quantitative estimate of drug-likeness (QED) is 0.758. The Kier molecular flexibility index (Phi) is 3.88. The molecule has 25 heavy (non-hydrogen) atoms. The lowest BCUT2D eigenvalue weighted by Gasteiger charge is -2.14. The number of amides is 1. The number of nitrogens with zero attached hydrogens (tertiary/aromatic N) is 2. The number of hydrogen-bond donors (Lipinski definition) is 1. The van der Waals surface area contributed by atoms with Crippen LogP contribution in [-0.4, -0.2) is 16.1 Å². The lowest BCUT2D eigenvalue weighted by molar-refractivity contribution is -0.123. The van der Waals surface area contributed by atoms with Gasteiger partial charge in [-0.05, 0) is 49.6 Å². The van der Waals surface area contributed by atoms with Crippen molar-refractivity contribution in [3.05, 3.63) is 58.5 Å². The SMILES string of the molecule is Cc1ccc(-c2nnc(CNC(=O)C3(c4ccc(F)cc4)CC3)o2)s1. The number of hydrogen-bond acceptors (Lipinski definition) is 5. The van der Waals surface area contributed by atoms with Crippen LogP contribution in [0.15, 0.2) is 40.8 Å². The average molecular weight is 357 g/mol. The molecule has 1 aliphatic carbocycles. The average Bonchev–Trinajstić information content (AvgIpc) is 3.08. The molecule has 0 spiro atoms. The number of carbonyl (C=O) groups is 1. The molecule has 4 rings (SSSR count). The van der Waals surface area contributed by atoms with Crippen molar-refractivity contribution < 1.29 is 13.6 Å². The normalized spacial score (nSPS) is 15.1. The van der Waals surface area contributed by atoms with Crippen molar-refractivity contribution >= 4 is 17.2 Å². The predicted octanol–water partition coefficient (Wildman–Crippen LogP) is 3.59. The van der Waals surface area contributed by atoms with Gasteiger partial charge in [-0.2, -0.15) is 0 Å². The van der Waals surface area contributed by atoms with Gasteiger partial charge >= 0.3 is 0 Å². The molecule has 5 nitrogen and oxygen atoms in total. The highest BCUT2D eigenvalue weighted by Crippen LogP contribution is 2.48. The van der Waals surface area contributed by atoms with Crippen LogP contribution >= 0.6 is 11.3 Å². The van der Waals surface area contributed by atoms with Crippen molar-refractivity contribution in [2.75, 3.05) is 0 Å². The molecule has 0 radical (unpaired) electrons. The molecule has 2 aromatic heterocycles. The molecule has 0 saturated heterocycles. The summed E-state index contributed by atoms with van der Waals surface area (Å²) in [5, 5.41) is 10.9. The highest BCUT2D eigenvalue weighted by Gasteiger charge is 2.51. The number of carbonyl (C=O) groups excluding carboxylic acids is 1. The Bertz CT molecular complexity index is 913. The Morgan fingerprint density at radius 3 is 2.64 bits per heavy atom. The van der Waals surface area contributed by atoms with Gasteiger partial charge in [-0.3, -0.25) is 4.79 Å². The summed E-state index contributed by atoms with van der Waals surface area (Å²) in [5.41, 5.74) is 0.285. The largest absolute Gasteiger partial charge is 0.418 e. The Labute approximate surface area is 147 Å². The second-order valence-electron chi connectivity index (χ2n) is 6.18. The van der Waals surface area contributed by atoms with E-state index in [1.807, 2.05) is 19.1 Å². The minimum Gasteiger partial charge on any atom is -0.418 e. The van der Waals surface area contributed by atoms with Crippen LogP contribution in [-0.2, 0) is 16.8 Å². The van der Waals surface area contributed by atoms with E-state index in [1.54, 1.807) is 23.5 Å². The van der Waals surface area contributed by atoms with Crippen molar-refractivity contribution in [1.82, 2.24) is 15.5 Å². The first-order valence-electron chi connectivity index (χ1n) is 8.00. The maximum absolute atomic E-state index is 13.1.